The summed E-state index contributed by atoms with van der Waals surface area (Å²) in [6.07, 6.45) is 4.87. The number of carbonyl (C=O) groups is 2. The van der Waals surface area contributed by atoms with Crippen molar-refractivity contribution in [1.82, 2.24) is 15.1 Å². The van der Waals surface area contributed by atoms with Gasteiger partial charge in [0, 0.05) is 31.4 Å². The number of amides is 2. The van der Waals surface area contributed by atoms with Crippen molar-refractivity contribution in [3.05, 3.63) is 83.7 Å². The van der Waals surface area contributed by atoms with Crippen molar-refractivity contribution in [1.29, 1.82) is 0 Å². The van der Waals surface area contributed by atoms with E-state index in [1.54, 1.807) is 17.1 Å². The second kappa shape index (κ2) is 8.08. The zero-order valence-corrected chi connectivity index (χ0v) is 15.5. The van der Waals surface area contributed by atoms with Gasteiger partial charge in [-0.15, -0.1) is 0 Å². The van der Waals surface area contributed by atoms with Gasteiger partial charge in [-0.2, -0.15) is 5.10 Å². The van der Waals surface area contributed by atoms with Crippen LogP contribution in [0.1, 0.15) is 34.3 Å². The molecule has 1 aromatic heterocycles. The van der Waals surface area contributed by atoms with Crippen LogP contribution in [0.3, 0.4) is 0 Å². The van der Waals surface area contributed by atoms with E-state index in [4.69, 9.17) is 0 Å². The van der Waals surface area contributed by atoms with Gasteiger partial charge in [0.2, 0.25) is 5.91 Å². The fraction of sp³-hybridized carbons (Fsp3) is 0.227. The van der Waals surface area contributed by atoms with E-state index in [2.05, 4.69) is 10.4 Å². The van der Waals surface area contributed by atoms with Crippen molar-refractivity contribution in [3.63, 3.8) is 0 Å². The summed E-state index contributed by atoms with van der Waals surface area (Å²) in [7, 11) is 0. The fourth-order valence-electron chi connectivity index (χ4n) is 3.34. The highest BCUT2D eigenvalue weighted by Gasteiger charge is 2.21. The summed E-state index contributed by atoms with van der Waals surface area (Å²) in [5.74, 6) is 0.0201. The van der Waals surface area contributed by atoms with Crippen molar-refractivity contribution >= 4 is 17.5 Å². The number of anilines is 1. The zero-order valence-electron chi connectivity index (χ0n) is 15.5. The molecule has 1 aliphatic heterocycles. The minimum absolute atomic E-state index is 0.155. The predicted molar refractivity (Wildman–Crippen MR) is 107 cm³/mol. The molecule has 6 nitrogen and oxygen atoms in total. The lowest BCUT2D eigenvalue weighted by Crippen LogP contribution is -2.24. The van der Waals surface area contributed by atoms with Crippen LogP contribution < -0.4 is 10.2 Å². The Morgan fingerprint density at radius 2 is 1.82 bits per heavy atom. The van der Waals surface area contributed by atoms with E-state index in [0.717, 1.165) is 29.8 Å². The molecule has 2 amide bonds. The molecule has 2 aromatic carbocycles. The van der Waals surface area contributed by atoms with Gasteiger partial charge in [-0.1, -0.05) is 42.5 Å². The summed E-state index contributed by atoms with van der Waals surface area (Å²) in [4.78, 5) is 26.0. The number of nitrogens with zero attached hydrogens (tertiary/aromatic N) is 3. The molecule has 2 heterocycles. The third kappa shape index (κ3) is 4.11. The normalized spacial score (nSPS) is 13.7. The van der Waals surface area contributed by atoms with E-state index < -0.39 is 0 Å². The van der Waals surface area contributed by atoms with Crippen LogP contribution in [-0.4, -0.2) is 28.1 Å². The summed E-state index contributed by atoms with van der Waals surface area (Å²) in [6.45, 7) is 1.84. The van der Waals surface area contributed by atoms with Crippen molar-refractivity contribution < 1.29 is 9.59 Å². The van der Waals surface area contributed by atoms with Crippen molar-refractivity contribution in [3.8, 4) is 0 Å². The molecule has 1 aliphatic rings. The standard InChI is InChI=1S/C22H22N4O2/c27-21-7-4-12-26(21)20-10-8-17(9-11-20)13-23-22(28)19-14-24-25(16-19)15-18-5-2-1-3-6-18/h1-3,5-6,8-11,14,16H,4,7,12-13,15H2,(H,23,28). The number of aromatic nitrogens is 2. The Bertz CT molecular complexity index is 964. The van der Waals surface area contributed by atoms with Crippen molar-refractivity contribution in [2.75, 3.05) is 11.4 Å². The summed E-state index contributed by atoms with van der Waals surface area (Å²) in [5.41, 5.74) is 3.57. The lowest BCUT2D eigenvalue weighted by molar-refractivity contribution is -0.117. The summed E-state index contributed by atoms with van der Waals surface area (Å²) in [6, 6.07) is 17.8. The quantitative estimate of drug-likeness (QED) is 0.721. The van der Waals surface area contributed by atoms with Crippen molar-refractivity contribution in [2.45, 2.75) is 25.9 Å². The third-order valence-corrected chi connectivity index (χ3v) is 4.86. The molecule has 0 unspecified atom stereocenters. The molecule has 1 fully saturated rings. The second-order valence-electron chi connectivity index (χ2n) is 6.91. The van der Waals surface area contributed by atoms with E-state index >= 15 is 0 Å². The Balaban J connectivity index is 1.32. The SMILES string of the molecule is O=C(NCc1ccc(N2CCCC2=O)cc1)c1cnn(Cc2ccccc2)c1. The van der Waals surface area contributed by atoms with Crippen LogP contribution in [0.2, 0.25) is 0 Å². The molecule has 0 aliphatic carbocycles. The second-order valence-corrected chi connectivity index (χ2v) is 6.91. The molecule has 4 rings (SSSR count). The molecule has 0 radical (unpaired) electrons. The highest BCUT2D eigenvalue weighted by molar-refractivity contribution is 5.95. The first-order chi connectivity index (χ1) is 13.7. The first-order valence-electron chi connectivity index (χ1n) is 9.43. The molecular weight excluding hydrogens is 352 g/mol. The van der Waals surface area contributed by atoms with E-state index in [-0.39, 0.29) is 11.8 Å². The van der Waals surface area contributed by atoms with Gasteiger partial charge in [0.25, 0.3) is 5.91 Å². The van der Waals surface area contributed by atoms with Crippen LogP contribution >= 0.6 is 0 Å². The monoisotopic (exact) mass is 374 g/mol. The molecule has 6 heteroatoms. The van der Waals surface area contributed by atoms with Crippen LogP contribution in [0, 0.1) is 0 Å². The van der Waals surface area contributed by atoms with Gasteiger partial charge in [0.05, 0.1) is 18.3 Å². The van der Waals surface area contributed by atoms with Gasteiger partial charge in [0.1, 0.15) is 0 Å². The lowest BCUT2D eigenvalue weighted by Gasteiger charge is -2.16. The van der Waals surface area contributed by atoms with Crippen LogP contribution in [0.5, 0.6) is 0 Å². The van der Waals surface area contributed by atoms with E-state index in [1.807, 2.05) is 59.5 Å². The van der Waals surface area contributed by atoms with Crippen LogP contribution in [0.15, 0.2) is 67.0 Å². The maximum absolute atomic E-state index is 12.4. The van der Waals surface area contributed by atoms with Gasteiger partial charge in [-0.3, -0.25) is 14.3 Å². The summed E-state index contributed by atoms with van der Waals surface area (Å²) < 4.78 is 1.76. The van der Waals surface area contributed by atoms with Gasteiger partial charge in [-0.05, 0) is 29.7 Å². The minimum atomic E-state index is -0.155. The molecule has 142 valence electrons. The van der Waals surface area contributed by atoms with E-state index in [0.29, 0.717) is 25.1 Å². The predicted octanol–water partition coefficient (Wildman–Crippen LogP) is 2.99. The minimum Gasteiger partial charge on any atom is -0.348 e. The summed E-state index contributed by atoms with van der Waals surface area (Å²) >= 11 is 0. The number of carbonyl (C=O) groups excluding carboxylic acids is 2. The molecule has 3 aromatic rings. The van der Waals surface area contributed by atoms with Crippen molar-refractivity contribution in [2.24, 2.45) is 0 Å². The lowest BCUT2D eigenvalue weighted by atomic mass is 10.2. The molecule has 28 heavy (non-hydrogen) atoms. The molecule has 1 N–H and O–H groups in total. The largest absolute Gasteiger partial charge is 0.348 e. The van der Waals surface area contributed by atoms with E-state index in [9.17, 15) is 9.59 Å². The Kier molecular flexibility index (Phi) is 5.19. The first-order valence-corrected chi connectivity index (χ1v) is 9.43. The molecule has 0 spiro atoms. The Morgan fingerprint density at radius 1 is 1.04 bits per heavy atom. The molecule has 0 saturated carbocycles. The Labute approximate surface area is 163 Å². The molecule has 0 bridgehead atoms. The third-order valence-electron chi connectivity index (χ3n) is 4.86. The van der Waals surface area contributed by atoms with E-state index in [1.165, 1.54) is 0 Å². The number of benzene rings is 2. The molecular formula is C22H22N4O2. The van der Waals surface area contributed by atoms with Crippen LogP contribution in [-0.2, 0) is 17.9 Å². The fourth-order valence-corrected chi connectivity index (χ4v) is 3.34. The average molecular weight is 374 g/mol. The number of hydrogen-bond donors (Lipinski definition) is 1. The average Bonchev–Trinajstić information content (AvgIpc) is 3.36. The van der Waals surface area contributed by atoms with Gasteiger partial charge in [0.15, 0.2) is 0 Å². The van der Waals surface area contributed by atoms with Crippen LogP contribution in [0.25, 0.3) is 0 Å². The number of nitrogens with one attached hydrogen (secondary N) is 1. The maximum Gasteiger partial charge on any atom is 0.254 e. The van der Waals surface area contributed by atoms with Gasteiger partial charge >= 0.3 is 0 Å². The smallest absolute Gasteiger partial charge is 0.254 e. The zero-order chi connectivity index (χ0) is 19.3. The van der Waals surface area contributed by atoms with Gasteiger partial charge in [-0.25, -0.2) is 0 Å². The first kappa shape index (κ1) is 18.0. The molecule has 1 saturated heterocycles. The highest BCUT2D eigenvalue weighted by atomic mass is 16.2. The maximum atomic E-state index is 12.4. The summed E-state index contributed by atoms with van der Waals surface area (Å²) in [5, 5.41) is 7.19. The number of hydrogen-bond acceptors (Lipinski definition) is 3. The Morgan fingerprint density at radius 3 is 2.54 bits per heavy atom. The number of rotatable bonds is 6. The van der Waals surface area contributed by atoms with Crippen LogP contribution in [0.4, 0.5) is 5.69 Å². The molecule has 0 atom stereocenters. The topological polar surface area (TPSA) is 67.2 Å². The van der Waals surface area contributed by atoms with Gasteiger partial charge < -0.3 is 10.2 Å². The Hall–Kier alpha value is -3.41. The highest BCUT2D eigenvalue weighted by Crippen LogP contribution is 2.21.